The van der Waals surface area contributed by atoms with Crippen LogP contribution in [0.1, 0.15) is 52.8 Å². The Hall–Kier alpha value is -0.600. The van der Waals surface area contributed by atoms with Crippen molar-refractivity contribution < 1.29 is 0 Å². The zero-order valence-electron chi connectivity index (χ0n) is 12.7. The first-order valence-corrected chi connectivity index (χ1v) is 8.98. The van der Waals surface area contributed by atoms with Gasteiger partial charge in [0.2, 0.25) is 0 Å². The molecule has 0 amide bonds. The maximum atomic E-state index is 9.38. The fraction of sp³-hybridized carbons (Fsp3) is 0.800. The van der Waals surface area contributed by atoms with Gasteiger partial charge in [-0.3, -0.25) is 0 Å². The Kier molecular flexibility index (Phi) is 5.09. The van der Waals surface area contributed by atoms with E-state index in [1.54, 1.807) is 11.8 Å². The summed E-state index contributed by atoms with van der Waals surface area (Å²) < 4.78 is 5.37. The van der Waals surface area contributed by atoms with E-state index in [1.807, 2.05) is 0 Å². The molecule has 0 saturated heterocycles. The third-order valence-corrected chi connectivity index (χ3v) is 6.38. The molecule has 3 atom stereocenters. The van der Waals surface area contributed by atoms with Crippen molar-refractivity contribution in [1.29, 1.82) is 5.26 Å². The van der Waals surface area contributed by atoms with Crippen LogP contribution in [0.25, 0.3) is 0 Å². The Morgan fingerprint density at radius 3 is 2.70 bits per heavy atom. The van der Waals surface area contributed by atoms with Gasteiger partial charge in [-0.2, -0.15) is 9.64 Å². The summed E-state index contributed by atoms with van der Waals surface area (Å²) in [6, 6.07) is 2.50. The normalized spacial score (nSPS) is 27.2. The minimum atomic E-state index is 0.160. The van der Waals surface area contributed by atoms with Gasteiger partial charge < -0.3 is 0 Å². The van der Waals surface area contributed by atoms with Crippen LogP contribution in [-0.2, 0) is 6.42 Å². The standard InChI is InChI=1S/C15H23N3S2/c1-5-13-17-14(20-18-13)19-12-8-11(15(2,3)4)7-6-10(12)9-16/h10-12H,5-8H2,1-4H3. The van der Waals surface area contributed by atoms with Gasteiger partial charge in [-0.25, -0.2) is 4.98 Å². The first kappa shape index (κ1) is 15.8. The molecule has 1 aliphatic carbocycles. The molecule has 1 aromatic heterocycles. The van der Waals surface area contributed by atoms with Gasteiger partial charge in [-0.05, 0) is 42.1 Å². The molecule has 1 aliphatic rings. The van der Waals surface area contributed by atoms with E-state index in [0.717, 1.165) is 29.4 Å². The molecule has 3 nitrogen and oxygen atoms in total. The van der Waals surface area contributed by atoms with Gasteiger partial charge in [0.25, 0.3) is 0 Å². The molecule has 0 radical (unpaired) electrons. The summed E-state index contributed by atoms with van der Waals surface area (Å²) in [7, 11) is 0. The van der Waals surface area contributed by atoms with Gasteiger partial charge in [0.15, 0.2) is 4.34 Å². The van der Waals surface area contributed by atoms with Gasteiger partial charge >= 0.3 is 0 Å². The Morgan fingerprint density at radius 1 is 1.40 bits per heavy atom. The van der Waals surface area contributed by atoms with E-state index < -0.39 is 0 Å². The average Bonchev–Trinajstić information content (AvgIpc) is 2.85. The molecule has 0 spiro atoms. The maximum absolute atomic E-state index is 9.38. The highest BCUT2D eigenvalue weighted by Gasteiger charge is 2.36. The number of thioether (sulfide) groups is 1. The lowest BCUT2D eigenvalue weighted by molar-refractivity contribution is 0.169. The Labute approximate surface area is 130 Å². The molecule has 3 unspecified atom stereocenters. The van der Waals surface area contributed by atoms with Crippen molar-refractivity contribution in [2.45, 2.75) is 63.0 Å². The van der Waals surface area contributed by atoms with E-state index in [4.69, 9.17) is 0 Å². The third kappa shape index (κ3) is 3.73. The fourth-order valence-electron chi connectivity index (χ4n) is 2.75. The molecule has 0 aromatic carbocycles. The van der Waals surface area contributed by atoms with E-state index in [2.05, 4.69) is 43.1 Å². The number of rotatable bonds is 3. The highest BCUT2D eigenvalue weighted by molar-refractivity contribution is 8.01. The minimum Gasteiger partial charge on any atom is -0.213 e. The number of hydrogen-bond acceptors (Lipinski definition) is 5. The lowest BCUT2D eigenvalue weighted by Crippen LogP contribution is -2.32. The lowest BCUT2D eigenvalue weighted by Gasteiger charge is -2.39. The number of aromatic nitrogens is 2. The van der Waals surface area contributed by atoms with E-state index in [9.17, 15) is 5.26 Å². The molecule has 2 rings (SSSR count). The lowest BCUT2D eigenvalue weighted by atomic mass is 9.70. The zero-order chi connectivity index (χ0) is 14.8. The number of nitrogens with zero attached hydrogens (tertiary/aromatic N) is 3. The van der Waals surface area contributed by atoms with E-state index in [0.29, 0.717) is 16.6 Å². The van der Waals surface area contributed by atoms with Gasteiger partial charge in [-0.15, -0.1) is 0 Å². The number of nitriles is 1. The summed E-state index contributed by atoms with van der Waals surface area (Å²) in [5, 5.41) is 9.75. The second-order valence-corrected chi connectivity index (χ2v) is 8.84. The topological polar surface area (TPSA) is 49.6 Å². The quantitative estimate of drug-likeness (QED) is 0.822. The summed E-state index contributed by atoms with van der Waals surface area (Å²) >= 11 is 3.26. The Morgan fingerprint density at radius 2 is 2.15 bits per heavy atom. The molecule has 1 heterocycles. The number of hydrogen-bond donors (Lipinski definition) is 0. The predicted molar refractivity (Wildman–Crippen MR) is 84.8 cm³/mol. The molecular weight excluding hydrogens is 286 g/mol. The van der Waals surface area contributed by atoms with Crippen LogP contribution in [0.3, 0.4) is 0 Å². The largest absolute Gasteiger partial charge is 0.213 e. The highest BCUT2D eigenvalue weighted by atomic mass is 32.2. The van der Waals surface area contributed by atoms with Crippen LogP contribution in [0.5, 0.6) is 0 Å². The summed E-state index contributed by atoms with van der Waals surface area (Å²) in [5.74, 6) is 1.78. The van der Waals surface area contributed by atoms with Gasteiger partial charge in [-0.1, -0.05) is 39.5 Å². The molecule has 1 fully saturated rings. The molecule has 5 heteroatoms. The monoisotopic (exact) mass is 309 g/mol. The smallest absolute Gasteiger partial charge is 0.170 e. The van der Waals surface area contributed by atoms with Crippen LogP contribution >= 0.6 is 23.3 Å². The summed E-state index contributed by atoms with van der Waals surface area (Å²) in [6.07, 6.45) is 4.20. The summed E-state index contributed by atoms with van der Waals surface area (Å²) in [6.45, 7) is 9.01. The molecule has 0 bridgehead atoms. The van der Waals surface area contributed by atoms with Crippen LogP contribution in [0.15, 0.2) is 4.34 Å². The van der Waals surface area contributed by atoms with E-state index in [1.165, 1.54) is 18.0 Å². The summed E-state index contributed by atoms with van der Waals surface area (Å²) in [4.78, 5) is 4.54. The van der Waals surface area contributed by atoms with Crippen molar-refractivity contribution in [3.63, 3.8) is 0 Å². The maximum Gasteiger partial charge on any atom is 0.170 e. The van der Waals surface area contributed by atoms with E-state index in [-0.39, 0.29) is 5.92 Å². The molecule has 0 aliphatic heterocycles. The van der Waals surface area contributed by atoms with Crippen molar-refractivity contribution in [3.8, 4) is 6.07 Å². The van der Waals surface area contributed by atoms with Crippen molar-refractivity contribution in [1.82, 2.24) is 9.36 Å². The molecule has 20 heavy (non-hydrogen) atoms. The van der Waals surface area contributed by atoms with Crippen LogP contribution < -0.4 is 0 Å². The molecule has 0 N–H and O–H groups in total. The molecular formula is C15H23N3S2. The Balaban J connectivity index is 2.07. The van der Waals surface area contributed by atoms with Crippen molar-refractivity contribution in [2.75, 3.05) is 0 Å². The second kappa shape index (κ2) is 6.44. The second-order valence-electron chi connectivity index (χ2n) is 6.60. The van der Waals surface area contributed by atoms with E-state index >= 15 is 0 Å². The van der Waals surface area contributed by atoms with Gasteiger partial charge in [0.1, 0.15) is 5.82 Å². The van der Waals surface area contributed by atoms with Crippen molar-refractivity contribution >= 4 is 23.3 Å². The predicted octanol–water partition coefficient (Wildman–Crippen LogP) is 4.55. The van der Waals surface area contributed by atoms with Gasteiger partial charge in [0.05, 0.1) is 12.0 Å². The molecule has 1 aromatic rings. The van der Waals surface area contributed by atoms with Crippen LogP contribution in [0, 0.1) is 28.6 Å². The molecule has 1 saturated carbocycles. The number of aryl methyl sites for hydroxylation is 1. The van der Waals surface area contributed by atoms with Crippen molar-refractivity contribution in [3.05, 3.63) is 5.82 Å². The van der Waals surface area contributed by atoms with Crippen LogP contribution in [-0.4, -0.2) is 14.6 Å². The SMILES string of the molecule is CCc1nsc(SC2CC(C(C)(C)C)CCC2C#N)n1. The zero-order valence-corrected chi connectivity index (χ0v) is 14.4. The minimum absolute atomic E-state index is 0.160. The Bertz CT molecular complexity index is 484. The first-order chi connectivity index (χ1) is 9.44. The molecule has 110 valence electrons. The van der Waals surface area contributed by atoms with Gasteiger partial charge in [0, 0.05) is 11.7 Å². The fourth-order valence-corrected chi connectivity index (χ4v) is 5.01. The average molecular weight is 310 g/mol. The highest BCUT2D eigenvalue weighted by Crippen LogP contribution is 2.45. The van der Waals surface area contributed by atoms with Crippen LogP contribution in [0.2, 0.25) is 0 Å². The summed E-state index contributed by atoms with van der Waals surface area (Å²) in [5.41, 5.74) is 0.328. The van der Waals surface area contributed by atoms with Crippen LogP contribution in [0.4, 0.5) is 0 Å². The first-order valence-electron chi connectivity index (χ1n) is 7.33. The van der Waals surface area contributed by atoms with Crippen molar-refractivity contribution in [2.24, 2.45) is 17.3 Å². The third-order valence-electron chi connectivity index (χ3n) is 4.20.